The van der Waals surface area contributed by atoms with Gasteiger partial charge in [-0.3, -0.25) is 0 Å². The number of thiophene rings is 1. The molecule has 0 aliphatic heterocycles. The van der Waals surface area contributed by atoms with Gasteiger partial charge in [0.15, 0.2) is 0 Å². The number of hydrogen-bond acceptors (Lipinski definition) is 2. The Morgan fingerprint density at radius 3 is 2.67 bits per heavy atom. The summed E-state index contributed by atoms with van der Waals surface area (Å²) in [6.45, 7) is 0. The zero-order valence-electron chi connectivity index (χ0n) is 11.1. The predicted molar refractivity (Wildman–Crippen MR) is 87.5 cm³/mol. The first-order valence-corrected chi connectivity index (χ1v) is 7.88. The molecule has 0 aliphatic rings. The van der Waals surface area contributed by atoms with Crippen LogP contribution in [0, 0.1) is 5.82 Å². The fourth-order valence-corrected chi connectivity index (χ4v) is 3.95. The third kappa shape index (κ3) is 2.86. The van der Waals surface area contributed by atoms with E-state index in [-0.39, 0.29) is 11.2 Å². The Morgan fingerprint density at radius 1 is 1.14 bits per heavy atom. The van der Waals surface area contributed by atoms with Crippen molar-refractivity contribution >= 4 is 44.6 Å². The summed E-state index contributed by atoms with van der Waals surface area (Å²) in [4.78, 5) is 0.935. The zero-order chi connectivity index (χ0) is 15.0. The van der Waals surface area contributed by atoms with Gasteiger partial charge in [0.25, 0.3) is 0 Å². The fraction of sp³-hybridized carbons (Fsp3) is 0.125. The Bertz CT molecular complexity index is 800. The summed E-state index contributed by atoms with van der Waals surface area (Å²) in [5, 5.41) is 1.16. The summed E-state index contributed by atoms with van der Waals surface area (Å²) >= 11 is 14.3. The Kier molecular flexibility index (Phi) is 4.07. The Morgan fingerprint density at radius 2 is 1.95 bits per heavy atom. The smallest absolute Gasteiger partial charge is 0.124 e. The largest absolute Gasteiger partial charge is 0.497 e. The molecule has 0 aliphatic carbocycles. The summed E-state index contributed by atoms with van der Waals surface area (Å²) in [5.74, 6) is 0.440. The number of benzene rings is 2. The molecule has 0 saturated heterocycles. The lowest BCUT2D eigenvalue weighted by Crippen LogP contribution is -1.92. The molecule has 0 amide bonds. The van der Waals surface area contributed by atoms with Crippen LogP contribution in [0.5, 0.6) is 5.75 Å². The van der Waals surface area contributed by atoms with Crippen molar-refractivity contribution in [1.29, 1.82) is 0 Å². The van der Waals surface area contributed by atoms with E-state index in [4.69, 9.17) is 27.9 Å². The maximum Gasteiger partial charge on any atom is 0.124 e. The third-order valence-corrected chi connectivity index (χ3v) is 5.32. The molecule has 0 N–H and O–H groups in total. The van der Waals surface area contributed by atoms with Crippen LogP contribution in [0.1, 0.15) is 15.8 Å². The van der Waals surface area contributed by atoms with E-state index in [9.17, 15) is 4.39 Å². The molecule has 3 rings (SSSR count). The highest BCUT2D eigenvalue weighted by Crippen LogP contribution is 2.40. The summed E-state index contributed by atoms with van der Waals surface area (Å²) < 4.78 is 19.3. The maximum atomic E-state index is 13.3. The molecule has 1 heterocycles. The van der Waals surface area contributed by atoms with Gasteiger partial charge in [-0.1, -0.05) is 23.7 Å². The number of methoxy groups -OCH3 is 1. The van der Waals surface area contributed by atoms with Crippen molar-refractivity contribution in [2.45, 2.75) is 5.38 Å². The lowest BCUT2D eigenvalue weighted by atomic mass is 10.1. The zero-order valence-corrected chi connectivity index (χ0v) is 13.4. The number of ether oxygens (including phenoxy) is 1. The van der Waals surface area contributed by atoms with Crippen LogP contribution in [0.3, 0.4) is 0 Å². The average Bonchev–Trinajstić information content (AvgIpc) is 2.89. The number of fused-ring (bicyclic) bond motifs is 1. The van der Waals surface area contributed by atoms with Crippen molar-refractivity contribution in [3.8, 4) is 5.75 Å². The molecule has 108 valence electrons. The normalized spacial score (nSPS) is 12.6. The topological polar surface area (TPSA) is 9.23 Å². The standard InChI is InChI=1S/C16H11Cl2FOS/c1-20-11-4-5-12(13(17)8-11)16(18)15-6-9-2-3-10(19)7-14(9)21-15/h2-8,16H,1H3. The van der Waals surface area contributed by atoms with Gasteiger partial charge < -0.3 is 4.74 Å². The molecule has 2 aromatic carbocycles. The minimum atomic E-state index is -0.371. The van der Waals surface area contributed by atoms with Crippen LogP contribution < -0.4 is 4.74 Å². The van der Waals surface area contributed by atoms with Crippen LogP contribution in [0.15, 0.2) is 42.5 Å². The van der Waals surface area contributed by atoms with E-state index >= 15 is 0 Å². The van der Waals surface area contributed by atoms with Crippen LogP contribution in [-0.4, -0.2) is 7.11 Å². The second-order valence-electron chi connectivity index (χ2n) is 4.58. The Balaban J connectivity index is 2.01. The van der Waals surface area contributed by atoms with Crippen molar-refractivity contribution in [2.75, 3.05) is 7.11 Å². The average molecular weight is 341 g/mol. The summed E-state index contributed by atoms with van der Waals surface area (Å²) in [7, 11) is 1.59. The molecule has 1 nitrogen and oxygen atoms in total. The number of alkyl halides is 1. The van der Waals surface area contributed by atoms with E-state index in [1.54, 1.807) is 19.2 Å². The van der Waals surface area contributed by atoms with E-state index in [2.05, 4.69) is 0 Å². The quantitative estimate of drug-likeness (QED) is 0.529. The van der Waals surface area contributed by atoms with Crippen molar-refractivity contribution < 1.29 is 9.13 Å². The molecule has 0 fully saturated rings. The summed E-state index contributed by atoms with van der Waals surface area (Å²) in [5.41, 5.74) is 0.811. The van der Waals surface area contributed by atoms with Gasteiger partial charge in [0, 0.05) is 14.6 Å². The molecule has 0 radical (unpaired) electrons. The van der Waals surface area contributed by atoms with Crippen LogP contribution >= 0.6 is 34.5 Å². The Hall–Kier alpha value is -1.29. The molecule has 0 saturated carbocycles. The molecule has 0 bridgehead atoms. The number of halogens is 3. The maximum absolute atomic E-state index is 13.3. The van der Waals surface area contributed by atoms with Crippen LogP contribution in [-0.2, 0) is 0 Å². The highest BCUT2D eigenvalue weighted by Gasteiger charge is 2.17. The third-order valence-electron chi connectivity index (χ3n) is 3.23. The van der Waals surface area contributed by atoms with Crippen molar-refractivity contribution in [2.24, 2.45) is 0 Å². The van der Waals surface area contributed by atoms with E-state index < -0.39 is 0 Å². The van der Waals surface area contributed by atoms with Gasteiger partial charge in [-0.25, -0.2) is 4.39 Å². The predicted octanol–water partition coefficient (Wildman–Crippen LogP) is 6.03. The molecule has 1 unspecified atom stereocenters. The van der Waals surface area contributed by atoms with E-state index in [1.165, 1.54) is 23.5 Å². The highest BCUT2D eigenvalue weighted by atomic mass is 35.5. The molecule has 21 heavy (non-hydrogen) atoms. The lowest BCUT2D eigenvalue weighted by molar-refractivity contribution is 0.414. The molecule has 3 aromatic rings. The van der Waals surface area contributed by atoms with Gasteiger partial charge in [0.05, 0.1) is 12.5 Å². The fourth-order valence-electron chi connectivity index (χ4n) is 2.14. The van der Waals surface area contributed by atoms with Gasteiger partial charge in [0.2, 0.25) is 0 Å². The van der Waals surface area contributed by atoms with Gasteiger partial charge >= 0.3 is 0 Å². The molecule has 0 spiro atoms. The molecular weight excluding hydrogens is 330 g/mol. The monoisotopic (exact) mass is 340 g/mol. The molecule has 1 aromatic heterocycles. The van der Waals surface area contributed by atoms with Gasteiger partial charge in [-0.15, -0.1) is 22.9 Å². The van der Waals surface area contributed by atoms with E-state index in [0.717, 1.165) is 20.5 Å². The molecular formula is C16H11Cl2FOS. The van der Waals surface area contributed by atoms with Gasteiger partial charge in [0.1, 0.15) is 11.6 Å². The molecule has 1 atom stereocenters. The minimum absolute atomic E-state index is 0.246. The van der Waals surface area contributed by atoms with Gasteiger partial charge in [-0.05, 0) is 41.3 Å². The number of hydrogen-bond donors (Lipinski definition) is 0. The van der Waals surface area contributed by atoms with Crippen LogP contribution in [0.25, 0.3) is 10.1 Å². The first-order valence-electron chi connectivity index (χ1n) is 6.25. The van der Waals surface area contributed by atoms with Crippen molar-refractivity contribution in [1.82, 2.24) is 0 Å². The first-order chi connectivity index (χ1) is 10.1. The van der Waals surface area contributed by atoms with Crippen LogP contribution in [0.4, 0.5) is 4.39 Å². The summed E-state index contributed by atoms with van der Waals surface area (Å²) in [6, 6.07) is 12.1. The number of rotatable bonds is 3. The second-order valence-corrected chi connectivity index (χ2v) is 6.54. The SMILES string of the molecule is COc1ccc(C(Cl)c2cc3ccc(F)cc3s2)c(Cl)c1. The molecule has 5 heteroatoms. The van der Waals surface area contributed by atoms with Crippen LogP contribution in [0.2, 0.25) is 5.02 Å². The van der Waals surface area contributed by atoms with Gasteiger partial charge in [-0.2, -0.15) is 0 Å². The van der Waals surface area contributed by atoms with Crippen molar-refractivity contribution in [3.63, 3.8) is 0 Å². The van der Waals surface area contributed by atoms with Crippen molar-refractivity contribution in [3.05, 3.63) is 63.7 Å². The first kappa shape index (κ1) is 14.6. The lowest BCUT2D eigenvalue weighted by Gasteiger charge is -2.11. The second kappa shape index (κ2) is 5.84. The van der Waals surface area contributed by atoms with E-state index in [0.29, 0.717) is 10.8 Å². The summed E-state index contributed by atoms with van der Waals surface area (Å²) in [6.07, 6.45) is 0. The Labute approximate surface area is 135 Å². The van der Waals surface area contributed by atoms with E-state index in [1.807, 2.05) is 18.2 Å². The highest BCUT2D eigenvalue weighted by molar-refractivity contribution is 7.19. The minimum Gasteiger partial charge on any atom is -0.497 e.